The van der Waals surface area contributed by atoms with Gasteiger partial charge in [0.1, 0.15) is 0 Å². The van der Waals surface area contributed by atoms with E-state index in [2.05, 4.69) is 4.90 Å². The average molecular weight is 317 g/mol. The quantitative estimate of drug-likeness (QED) is 0.847. The Kier molecular flexibility index (Phi) is 6.33. The zero-order valence-electron chi connectivity index (χ0n) is 12.8. The largest absolute Gasteiger partial charge is 0.381 e. The van der Waals surface area contributed by atoms with E-state index in [9.17, 15) is 4.79 Å². The Morgan fingerprint density at radius 1 is 1.14 bits per heavy atom. The lowest BCUT2D eigenvalue weighted by Crippen LogP contribution is -2.41. The standard InChI is InChI=1S/C16H28N2O2.ClH/c17-15-4-2-1-3-13(15)9-16(19)18(14-5-6-14)10-12-7-8-20-11-12;/h12-15H,1-11,17H2;1H. The van der Waals surface area contributed by atoms with Crippen LogP contribution in [0.3, 0.4) is 0 Å². The van der Waals surface area contributed by atoms with Gasteiger partial charge in [0.05, 0.1) is 6.61 Å². The third-order valence-corrected chi connectivity index (χ3v) is 5.19. The number of hydrogen-bond acceptors (Lipinski definition) is 3. The predicted molar refractivity (Wildman–Crippen MR) is 85.5 cm³/mol. The molecule has 3 atom stereocenters. The first-order valence-electron chi connectivity index (χ1n) is 8.37. The summed E-state index contributed by atoms with van der Waals surface area (Å²) in [6.07, 6.45) is 8.87. The van der Waals surface area contributed by atoms with Crippen molar-refractivity contribution in [2.75, 3.05) is 19.8 Å². The molecular formula is C16H29ClN2O2. The molecule has 21 heavy (non-hydrogen) atoms. The maximum absolute atomic E-state index is 12.7. The minimum Gasteiger partial charge on any atom is -0.381 e. The van der Waals surface area contributed by atoms with E-state index in [4.69, 9.17) is 10.5 Å². The molecule has 4 nitrogen and oxygen atoms in total. The number of amides is 1. The molecule has 0 bridgehead atoms. The highest BCUT2D eigenvalue weighted by Crippen LogP contribution is 2.32. The molecule has 0 aromatic heterocycles. The molecule has 0 spiro atoms. The maximum atomic E-state index is 12.7. The van der Waals surface area contributed by atoms with Crippen molar-refractivity contribution in [1.82, 2.24) is 4.90 Å². The van der Waals surface area contributed by atoms with Crippen molar-refractivity contribution in [3.05, 3.63) is 0 Å². The van der Waals surface area contributed by atoms with Crippen LogP contribution in [0, 0.1) is 11.8 Å². The van der Waals surface area contributed by atoms with Crippen LogP contribution >= 0.6 is 12.4 Å². The van der Waals surface area contributed by atoms with E-state index in [1.54, 1.807) is 0 Å². The Bertz CT molecular complexity index is 343. The van der Waals surface area contributed by atoms with Crippen LogP contribution in [-0.2, 0) is 9.53 Å². The van der Waals surface area contributed by atoms with Gasteiger partial charge in [-0.25, -0.2) is 0 Å². The van der Waals surface area contributed by atoms with Gasteiger partial charge in [0.25, 0.3) is 0 Å². The molecule has 0 aromatic rings. The lowest BCUT2D eigenvalue weighted by molar-refractivity contribution is -0.133. The first-order valence-corrected chi connectivity index (χ1v) is 8.37. The highest BCUT2D eigenvalue weighted by molar-refractivity contribution is 5.85. The zero-order chi connectivity index (χ0) is 13.9. The van der Waals surface area contributed by atoms with Gasteiger partial charge in [-0.2, -0.15) is 0 Å². The predicted octanol–water partition coefficient (Wildman–Crippen LogP) is 2.34. The highest BCUT2D eigenvalue weighted by Gasteiger charge is 2.36. The van der Waals surface area contributed by atoms with Crippen LogP contribution in [0.5, 0.6) is 0 Å². The number of carbonyl (C=O) groups excluding carboxylic acids is 1. The van der Waals surface area contributed by atoms with Crippen molar-refractivity contribution in [3.63, 3.8) is 0 Å². The van der Waals surface area contributed by atoms with Crippen LogP contribution in [0.2, 0.25) is 0 Å². The number of nitrogens with two attached hydrogens (primary N) is 1. The monoisotopic (exact) mass is 316 g/mol. The molecule has 3 rings (SSSR count). The van der Waals surface area contributed by atoms with Crippen molar-refractivity contribution in [2.45, 2.75) is 63.5 Å². The molecule has 2 saturated carbocycles. The van der Waals surface area contributed by atoms with Gasteiger partial charge in [0.2, 0.25) is 5.91 Å². The second-order valence-corrected chi connectivity index (χ2v) is 6.92. The van der Waals surface area contributed by atoms with E-state index < -0.39 is 0 Å². The zero-order valence-corrected chi connectivity index (χ0v) is 13.7. The van der Waals surface area contributed by atoms with Gasteiger partial charge in [-0.15, -0.1) is 12.4 Å². The number of halogens is 1. The molecule has 0 radical (unpaired) electrons. The smallest absolute Gasteiger partial charge is 0.223 e. The van der Waals surface area contributed by atoms with E-state index in [1.165, 1.54) is 25.7 Å². The van der Waals surface area contributed by atoms with Crippen molar-refractivity contribution in [1.29, 1.82) is 0 Å². The topological polar surface area (TPSA) is 55.6 Å². The fraction of sp³-hybridized carbons (Fsp3) is 0.938. The Labute approximate surface area is 134 Å². The molecule has 5 heteroatoms. The molecule has 3 aliphatic rings. The van der Waals surface area contributed by atoms with E-state index in [0.29, 0.717) is 30.2 Å². The van der Waals surface area contributed by atoms with Gasteiger partial charge in [-0.3, -0.25) is 4.79 Å². The Morgan fingerprint density at radius 3 is 2.52 bits per heavy atom. The van der Waals surface area contributed by atoms with Gasteiger partial charge >= 0.3 is 0 Å². The fourth-order valence-electron chi connectivity index (χ4n) is 3.68. The minimum atomic E-state index is 0. The van der Waals surface area contributed by atoms with Gasteiger partial charge in [0, 0.05) is 37.6 Å². The van der Waals surface area contributed by atoms with E-state index >= 15 is 0 Å². The molecule has 0 aromatic carbocycles. The van der Waals surface area contributed by atoms with Crippen molar-refractivity contribution >= 4 is 18.3 Å². The van der Waals surface area contributed by atoms with E-state index in [0.717, 1.165) is 39.0 Å². The van der Waals surface area contributed by atoms with Crippen molar-refractivity contribution in [3.8, 4) is 0 Å². The van der Waals surface area contributed by atoms with Gasteiger partial charge < -0.3 is 15.4 Å². The molecule has 2 aliphatic carbocycles. The molecule has 1 saturated heterocycles. The van der Waals surface area contributed by atoms with Crippen LogP contribution in [0.15, 0.2) is 0 Å². The molecular weight excluding hydrogens is 288 g/mol. The maximum Gasteiger partial charge on any atom is 0.223 e. The highest BCUT2D eigenvalue weighted by atomic mass is 35.5. The summed E-state index contributed by atoms with van der Waals surface area (Å²) in [7, 11) is 0. The second kappa shape index (κ2) is 7.80. The molecule has 1 heterocycles. The number of nitrogens with zero attached hydrogens (tertiary/aromatic N) is 1. The van der Waals surface area contributed by atoms with Gasteiger partial charge in [0.15, 0.2) is 0 Å². The van der Waals surface area contributed by atoms with Gasteiger partial charge in [-0.1, -0.05) is 12.8 Å². The lowest BCUT2D eigenvalue weighted by atomic mass is 9.82. The Hall–Kier alpha value is -0.320. The summed E-state index contributed by atoms with van der Waals surface area (Å²) in [5, 5.41) is 0. The number of ether oxygens (including phenoxy) is 1. The second-order valence-electron chi connectivity index (χ2n) is 6.92. The molecule has 3 fully saturated rings. The molecule has 2 N–H and O–H groups in total. The minimum absolute atomic E-state index is 0. The number of hydrogen-bond donors (Lipinski definition) is 1. The molecule has 3 unspecified atom stereocenters. The number of rotatable bonds is 5. The lowest BCUT2D eigenvalue weighted by Gasteiger charge is -2.31. The van der Waals surface area contributed by atoms with Crippen LogP contribution in [0.25, 0.3) is 0 Å². The first-order chi connectivity index (χ1) is 9.74. The average Bonchev–Trinajstić information content (AvgIpc) is 3.15. The normalized spacial score (nSPS) is 32.5. The van der Waals surface area contributed by atoms with Crippen LogP contribution in [0.1, 0.15) is 51.4 Å². The van der Waals surface area contributed by atoms with E-state index in [1.807, 2.05) is 0 Å². The van der Waals surface area contributed by atoms with Crippen LogP contribution < -0.4 is 5.73 Å². The summed E-state index contributed by atoms with van der Waals surface area (Å²) < 4.78 is 5.45. The molecule has 122 valence electrons. The Balaban J connectivity index is 0.00000161. The summed E-state index contributed by atoms with van der Waals surface area (Å²) in [5.41, 5.74) is 6.19. The van der Waals surface area contributed by atoms with Crippen LogP contribution in [-0.4, -0.2) is 42.6 Å². The Morgan fingerprint density at radius 2 is 1.90 bits per heavy atom. The summed E-state index contributed by atoms with van der Waals surface area (Å²) in [4.78, 5) is 14.8. The van der Waals surface area contributed by atoms with E-state index in [-0.39, 0.29) is 18.4 Å². The molecule has 1 aliphatic heterocycles. The number of carbonyl (C=O) groups is 1. The summed E-state index contributed by atoms with van der Waals surface area (Å²) >= 11 is 0. The fourth-order valence-corrected chi connectivity index (χ4v) is 3.68. The summed E-state index contributed by atoms with van der Waals surface area (Å²) in [6.45, 7) is 2.61. The van der Waals surface area contributed by atoms with Crippen molar-refractivity contribution in [2.24, 2.45) is 17.6 Å². The van der Waals surface area contributed by atoms with Crippen LogP contribution in [0.4, 0.5) is 0 Å². The third kappa shape index (κ3) is 4.57. The third-order valence-electron chi connectivity index (χ3n) is 5.19. The molecule has 1 amide bonds. The summed E-state index contributed by atoms with van der Waals surface area (Å²) in [5.74, 6) is 1.32. The first kappa shape index (κ1) is 17.0. The van der Waals surface area contributed by atoms with Gasteiger partial charge in [-0.05, 0) is 38.0 Å². The van der Waals surface area contributed by atoms with Crippen molar-refractivity contribution < 1.29 is 9.53 Å². The SMILES string of the molecule is Cl.NC1CCCCC1CC(=O)N(CC1CCOC1)C1CC1. The summed E-state index contributed by atoms with van der Waals surface area (Å²) in [6, 6.07) is 0.756.